The van der Waals surface area contributed by atoms with E-state index in [0.717, 1.165) is 5.56 Å². The van der Waals surface area contributed by atoms with Gasteiger partial charge in [-0.05, 0) is 29.9 Å². The first-order valence-corrected chi connectivity index (χ1v) is 6.88. The van der Waals surface area contributed by atoms with Crippen LogP contribution in [0.2, 0.25) is 0 Å². The van der Waals surface area contributed by atoms with Crippen LogP contribution in [-0.4, -0.2) is 14.7 Å². The van der Waals surface area contributed by atoms with Gasteiger partial charge in [-0.3, -0.25) is 0 Å². The second kappa shape index (κ2) is 3.39. The van der Waals surface area contributed by atoms with Gasteiger partial charge in [0.1, 0.15) is 0 Å². The average molecular weight is 210 g/mol. The maximum Gasteiger partial charge on any atom is 0.151 e. The highest BCUT2D eigenvalue weighted by molar-refractivity contribution is 7.89. The van der Waals surface area contributed by atoms with Crippen molar-refractivity contribution in [3.63, 3.8) is 0 Å². The molecule has 1 fully saturated rings. The van der Waals surface area contributed by atoms with Crippen molar-refractivity contribution < 1.29 is 8.42 Å². The zero-order valence-corrected chi connectivity index (χ0v) is 9.05. The van der Waals surface area contributed by atoms with E-state index in [9.17, 15) is 8.42 Å². The number of hydrogen-bond donors (Lipinski definition) is 0. The molecular weight excluding hydrogens is 196 g/mol. The van der Waals surface area contributed by atoms with Crippen LogP contribution in [0.15, 0.2) is 24.3 Å². The van der Waals surface area contributed by atoms with E-state index in [0.29, 0.717) is 5.92 Å². The molecule has 14 heavy (non-hydrogen) atoms. The molecule has 0 aromatic heterocycles. The Bertz CT molecular complexity index is 430. The van der Waals surface area contributed by atoms with Crippen LogP contribution < -0.4 is 0 Å². The standard InChI is InChI=1S/C11H14O2S/c1-14(12,13)8-10-4-2-3-5-11(10)9-6-7-9/h2-5,9H,6-8H2,1H3. The van der Waals surface area contributed by atoms with Crippen LogP contribution in [0, 0.1) is 0 Å². The fourth-order valence-corrected chi connectivity index (χ4v) is 2.57. The third-order valence-electron chi connectivity index (χ3n) is 2.49. The molecule has 0 saturated heterocycles. The Morgan fingerprint density at radius 2 is 1.93 bits per heavy atom. The number of benzene rings is 1. The Morgan fingerprint density at radius 3 is 2.50 bits per heavy atom. The van der Waals surface area contributed by atoms with Crippen LogP contribution in [0.4, 0.5) is 0 Å². The van der Waals surface area contributed by atoms with Crippen LogP contribution in [0.25, 0.3) is 0 Å². The van der Waals surface area contributed by atoms with Crippen molar-refractivity contribution in [2.75, 3.05) is 6.26 Å². The monoisotopic (exact) mass is 210 g/mol. The summed E-state index contributed by atoms with van der Waals surface area (Å²) in [6.45, 7) is 0. The normalized spacial score (nSPS) is 16.9. The third-order valence-corrected chi connectivity index (χ3v) is 3.33. The van der Waals surface area contributed by atoms with E-state index in [2.05, 4.69) is 6.07 Å². The van der Waals surface area contributed by atoms with Crippen molar-refractivity contribution in [1.29, 1.82) is 0 Å². The molecule has 0 heterocycles. The first kappa shape index (κ1) is 9.71. The molecule has 76 valence electrons. The lowest BCUT2D eigenvalue weighted by Crippen LogP contribution is -2.03. The maximum absolute atomic E-state index is 11.2. The summed E-state index contributed by atoms with van der Waals surface area (Å²) in [5.41, 5.74) is 2.22. The van der Waals surface area contributed by atoms with Crippen molar-refractivity contribution in [3.8, 4) is 0 Å². The van der Waals surface area contributed by atoms with E-state index in [4.69, 9.17) is 0 Å². The maximum atomic E-state index is 11.2. The molecule has 1 aromatic rings. The highest BCUT2D eigenvalue weighted by atomic mass is 32.2. The summed E-state index contributed by atoms with van der Waals surface area (Å²) in [6, 6.07) is 7.87. The number of hydrogen-bond acceptors (Lipinski definition) is 2. The minimum absolute atomic E-state index is 0.180. The van der Waals surface area contributed by atoms with Gasteiger partial charge >= 0.3 is 0 Å². The lowest BCUT2D eigenvalue weighted by molar-refractivity contribution is 0.601. The molecule has 0 radical (unpaired) electrons. The molecule has 0 amide bonds. The topological polar surface area (TPSA) is 34.1 Å². The van der Waals surface area contributed by atoms with Crippen LogP contribution >= 0.6 is 0 Å². The summed E-state index contributed by atoms with van der Waals surface area (Å²) in [4.78, 5) is 0. The molecule has 3 heteroatoms. The molecule has 0 spiro atoms. The van der Waals surface area contributed by atoms with Crippen molar-refractivity contribution in [2.45, 2.75) is 24.5 Å². The Morgan fingerprint density at radius 1 is 1.29 bits per heavy atom. The largest absolute Gasteiger partial charge is 0.229 e. The molecular formula is C11H14O2S. The SMILES string of the molecule is CS(=O)(=O)Cc1ccccc1C1CC1. The second-order valence-electron chi connectivity index (χ2n) is 4.04. The molecule has 0 unspecified atom stereocenters. The van der Waals surface area contributed by atoms with Gasteiger partial charge in [0.15, 0.2) is 9.84 Å². The summed E-state index contributed by atoms with van der Waals surface area (Å²) >= 11 is 0. The fourth-order valence-electron chi connectivity index (χ4n) is 1.74. The Balaban J connectivity index is 2.32. The van der Waals surface area contributed by atoms with Gasteiger partial charge in [0.25, 0.3) is 0 Å². The van der Waals surface area contributed by atoms with E-state index in [-0.39, 0.29) is 5.75 Å². The van der Waals surface area contributed by atoms with Crippen LogP contribution in [0.3, 0.4) is 0 Å². The second-order valence-corrected chi connectivity index (χ2v) is 6.18. The molecule has 1 aromatic carbocycles. The van der Waals surface area contributed by atoms with Gasteiger partial charge < -0.3 is 0 Å². The minimum atomic E-state index is -2.91. The van der Waals surface area contributed by atoms with E-state index in [1.807, 2.05) is 18.2 Å². The molecule has 0 aliphatic heterocycles. The van der Waals surface area contributed by atoms with Crippen molar-refractivity contribution in [1.82, 2.24) is 0 Å². The lowest BCUT2D eigenvalue weighted by atomic mass is 10.1. The quantitative estimate of drug-likeness (QED) is 0.765. The number of rotatable bonds is 3. The van der Waals surface area contributed by atoms with Gasteiger partial charge in [0.05, 0.1) is 5.75 Å². The third kappa shape index (κ3) is 2.35. The Labute approximate surface area is 84.9 Å². The van der Waals surface area contributed by atoms with Crippen molar-refractivity contribution in [2.24, 2.45) is 0 Å². The van der Waals surface area contributed by atoms with Gasteiger partial charge in [-0.2, -0.15) is 0 Å². The van der Waals surface area contributed by atoms with Crippen LogP contribution in [0.1, 0.15) is 29.9 Å². The summed E-state index contributed by atoms with van der Waals surface area (Å²) in [5.74, 6) is 0.799. The molecule has 0 N–H and O–H groups in total. The highest BCUT2D eigenvalue weighted by Gasteiger charge is 2.26. The zero-order chi connectivity index (χ0) is 10.2. The Kier molecular flexibility index (Phi) is 2.35. The number of sulfone groups is 1. The fraction of sp³-hybridized carbons (Fsp3) is 0.455. The van der Waals surface area contributed by atoms with E-state index in [1.165, 1.54) is 24.7 Å². The molecule has 2 nitrogen and oxygen atoms in total. The molecule has 1 aliphatic carbocycles. The van der Waals surface area contributed by atoms with E-state index >= 15 is 0 Å². The summed E-state index contributed by atoms with van der Waals surface area (Å²) in [6.07, 6.45) is 3.71. The van der Waals surface area contributed by atoms with E-state index in [1.54, 1.807) is 0 Å². The average Bonchev–Trinajstić information content (AvgIpc) is 2.85. The first-order chi connectivity index (χ1) is 6.56. The molecule has 1 aliphatic rings. The van der Waals surface area contributed by atoms with Crippen LogP contribution in [0.5, 0.6) is 0 Å². The highest BCUT2D eigenvalue weighted by Crippen LogP contribution is 2.41. The molecule has 0 atom stereocenters. The van der Waals surface area contributed by atoms with E-state index < -0.39 is 9.84 Å². The zero-order valence-electron chi connectivity index (χ0n) is 8.23. The Hall–Kier alpha value is -0.830. The first-order valence-electron chi connectivity index (χ1n) is 4.82. The van der Waals surface area contributed by atoms with Crippen molar-refractivity contribution in [3.05, 3.63) is 35.4 Å². The van der Waals surface area contributed by atoms with Gasteiger partial charge in [-0.25, -0.2) is 8.42 Å². The predicted octanol–water partition coefficient (Wildman–Crippen LogP) is 2.11. The van der Waals surface area contributed by atoms with Gasteiger partial charge in [-0.1, -0.05) is 24.3 Å². The van der Waals surface area contributed by atoms with Gasteiger partial charge in [0, 0.05) is 6.26 Å². The predicted molar refractivity (Wildman–Crippen MR) is 57.0 cm³/mol. The van der Waals surface area contributed by atoms with Gasteiger partial charge in [0.2, 0.25) is 0 Å². The molecule has 2 rings (SSSR count). The van der Waals surface area contributed by atoms with Crippen LogP contribution in [-0.2, 0) is 15.6 Å². The van der Waals surface area contributed by atoms with Crippen molar-refractivity contribution >= 4 is 9.84 Å². The molecule has 1 saturated carbocycles. The van der Waals surface area contributed by atoms with Gasteiger partial charge in [-0.15, -0.1) is 0 Å². The molecule has 0 bridgehead atoms. The summed E-state index contributed by atoms with van der Waals surface area (Å²) in [7, 11) is -2.91. The smallest absolute Gasteiger partial charge is 0.151 e. The summed E-state index contributed by atoms with van der Waals surface area (Å²) in [5, 5.41) is 0. The lowest BCUT2D eigenvalue weighted by Gasteiger charge is -2.06. The summed E-state index contributed by atoms with van der Waals surface area (Å²) < 4.78 is 22.4. The minimum Gasteiger partial charge on any atom is -0.229 e.